The minimum atomic E-state index is -3.88. The standard InChI is InChI=1S/C9H12ClFN2O2S.ClH/c1-6(5-12)13-16(14,15)9-3-2-7(10)4-8(9)11;/h2-4,6,13H,5,12H2,1H3;1H/t6-;/m0./s1. The van der Waals surface area contributed by atoms with Gasteiger partial charge in [0.05, 0.1) is 0 Å². The van der Waals surface area contributed by atoms with Crippen LogP contribution in [0.2, 0.25) is 5.02 Å². The maximum absolute atomic E-state index is 13.4. The molecule has 98 valence electrons. The van der Waals surface area contributed by atoms with Crippen molar-refractivity contribution in [3.05, 3.63) is 29.0 Å². The van der Waals surface area contributed by atoms with Crippen molar-refractivity contribution >= 4 is 34.0 Å². The number of benzene rings is 1. The number of sulfonamides is 1. The van der Waals surface area contributed by atoms with E-state index >= 15 is 0 Å². The topological polar surface area (TPSA) is 72.2 Å². The Balaban J connectivity index is 0.00000256. The smallest absolute Gasteiger partial charge is 0.243 e. The third kappa shape index (κ3) is 4.40. The van der Waals surface area contributed by atoms with Gasteiger partial charge in [0.1, 0.15) is 10.7 Å². The van der Waals surface area contributed by atoms with Crippen LogP contribution in [0.5, 0.6) is 0 Å². The summed E-state index contributed by atoms with van der Waals surface area (Å²) < 4.78 is 39.0. The van der Waals surface area contributed by atoms with E-state index in [0.29, 0.717) is 0 Å². The SMILES string of the molecule is C[C@@H](CN)NS(=O)(=O)c1ccc(Cl)cc1F.Cl. The Hall–Kier alpha value is -0.400. The van der Waals surface area contributed by atoms with Crippen LogP contribution < -0.4 is 10.5 Å². The molecule has 1 atom stereocenters. The maximum atomic E-state index is 13.4. The number of rotatable bonds is 4. The van der Waals surface area contributed by atoms with Crippen LogP contribution in [-0.4, -0.2) is 21.0 Å². The highest BCUT2D eigenvalue weighted by Crippen LogP contribution is 2.18. The molecule has 0 spiro atoms. The fraction of sp³-hybridized carbons (Fsp3) is 0.333. The summed E-state index contributed by atoms with van der Waals surface area (Å²) in [6.45, 7) is 1.72. The van der Waals surface area contributed by atoms with E-state index in [2.05, 4.69) is 4.72 Å². The number of nitrogens with one attached hydrogen (secondary N) is 1. The molecule has 17 heavy (non-hydrogen) atoms. The minimum Gasteiger partial charge on any atom is -0.329 e. The normalized spacial score (nSPS) is 12.9. The predicted octanol–water partition coefficient (Wildman–Crippen LogP) is 1.53. The lowest BCUT2D eigenvalue weighted by molar-refractivity contribution is 0.544. The van der Waals surface area contributed by atoms with E-state index in [1.54, 1.807) is 6.92 Å². The first kappa shape index (κ1) is 16.6. The maximum Gasteiger partial charge on any atom is 0.243 e. The summed E-state index contributed by atoms with van der Waals surface area (Å²) in [6, 6.07) is 2.92. The highest BCUT2D eigenvalue weighted by atomic mass is 35.5. The molecule has 0 radical (unpaired) electrons. The summed E-state index contributed by atoms with van der Waals surface area (Å²) in [5.41, 5.74) is 5.28. The van der Waals surface area contributed by atoms with Crippen LogP contribution in [0.3, 0.4) is 0 Å². The van der Waals surface area contributed by atoms with Gasteiger partial charge in [-0.05, 0) is 25.1 Å². The Morgan fingerprint density at radius 2 is 2.12 bits per heavy atom. The summed E-state index contributed by atoms with van der Waals surface area (Å²) in [5.74, 6) is -0.885. The van der Waals surface area contributed by atoms with Crippen molar-refractivity contribution in [1.29, 1.82) is 0 Å². The Labute approximate surface area is 111 Å². The molecule has 0 fully saturated rings. The molecule has 0 aliphatic carbocycles. The van der Waals surface area contributed by atoms with Crippen LogP contribution in [0, 0.1) is 5.82 Å². The van der Waals surface area contributed by atoms with Gasteiger partial charge < -0.3 is 5.73 Å². The average Bonchev–Trinajstić information content (AvgIpc) is 2.16. The fourth-order valence-corrected chi connectivity index (χ4v) is 2.54. The molecule has 0 aromatic heterocycles. The number of hydrogen-bond acceptors (Lipinski definition) is 3. The summed E-state index contributed by atoms with van der Waals surface area (Å²) in [4.78, 5) is -0.433. The van der Waals surface area contributed by atoms with E-state index in [-0.39, 0.29) is 24.0 Å². The van der Waals surface area contributed by atoms with Crippen molar-refractivity contribution in [1.82, 2.24) is 4.72 Å². The monoisotopic (exact) mass is 302 g/mol. The van der Waals surface area contributed by atoms with Crippen molar-refractivity contribution in [2.45, 2.75) is 17.9 Å². The van der Waals surface area contributed by atoms with Gasteiger partial charge in [-0.25, -0.2) is 17.5 Å². The van der Waals surface area contributed by atoms with Gasteiger partial charge in [-0.1, -0.05) is 11.6 Å². The molecule has 0 amide bonds. The molecule has 0 aliphatic rings. The first-order chi connectivity index (χ1) is 7.36. The van der Waals surface area contributed by atoms with Crippen LogP contribution in [0.15, 0.2) is 23.1 Å². The molecule has 8 heteroatoms. The molecule has 1 aromatic rings. The van der Waals surface area contributed by atoms with Gasteiger partial charge in [0.15, 0.2) is 0 Å². The molecular weight excluding hydrogens is 290 g/mol. The zero-order valence-electron chi connectivity index (χ0n) is 8.98. The lowest BCUT2D eigenvalue weighted by atomic mass is 10.3. The third-order valence-electron chi connectivity index (χ3n) is 1.89. The van der Waals surface area contributed by atoms with E-state index in [4.69, 9.17) is 17.3 Å². The molecule has 0 unspecified atom stereocenters. The Bertz CT molecular complexity index is 482. The lowest BCUT2D eigenvalue weighted by Gasteiger charge is -2.12. The highest BCUT2D eigenvalue weighted by molar-refractivity contribution is 7.89. The summed E-state index contributed by atoms with van der Waals surface area (Å²) in [7, 11) is -3.88. The second-order valence-electron chi connectivity index (χ2n) is 3.33. The van der Waals surface area contributed by atoms with Gasteiger partial charge in [-0.2, -0.15) is 0 Å². The van der Waals surface area contributed by atoms with Gasteiger partial charge >= 0.3 is 0 Å². The molecule has 1 aromatic carbocycles. The van der Waals surface area contributed by atoms with Crippen LogP contribution in [-0.2, 0) is 10.0 Å². The molecule has 0 heterocycles. The predicted molar refractivity (Wildman–Crippen MR) is 67.5 cm³/mol. The first-order valence-electron chi connectivity index (χ1n) is 4.54. The van der Waals surface area contributed by atoms with Crippen molar-refractivity contribution in [3.63, 3.8) is 0 Å². The second-order valence-corrected chi connectivity index (χ2v) is 5.45. The van der Waals surface area contributed by atoms with Crippen LogP contribution >= 0.6 is 24.0 Å². The molecule has 3 N–H and O–H groups in total. The van der Waals surface area contributed by atoms with Crippen LogP contribution in [0.25, 0.3) is 0 Å². The first-order valence-corrected chi connectivity index (χ1v) is 6.40. The Kier molecular flexibility index (Phi) is 6.36. The quantitative estimate of drug-likeness (QED) is 0.886. The summed E-state index contributed by atoms with van der Waals surface area (Å²) in [6.07, 6.45) is 0. The largest absolute Gasteiger partial charge is 0.329 e. The number of hydrogen-bond donors (Lipinski definition) is 2. The van der Waals surface area contributed by atoms with E-state index < -0.39 is 26.8 Å². The zero-order valence-corrected chi connectivity index (χ0v) is 11.4. The third-order valence-corrected chi connectivity index (χ3v) is 3.75. The molecule has 0 bridgehead atoms. The van der Waals surface area contributed by atoms with Crippen molar-refractivity contribution in [3.8, 4) is 0 Å². The minimum absolute atomic E-state index is 0. The Morgan fingerprint density at radius 3 is 2.59 bits per heavy atom. The molecule has 0 saturated carbocycles. The Morgan fingerprint density at radius 1 is 1.53 bits per heavy atom. The van der Waals surface area contributed by atoms with Gasteiger partial charge in [0.25, 0.3) is 0 Å². The van der Waals surface area contributed by atoms with Crippen molar-refractivity contribution in [2.24, 2.45) is 5.73 Å². The number of nitrogens with two attached hydrogens (primary N) is 1. The van der Waals surface area contributed by atoms with Gasteiger partial charge in [-0.15, -0.1) is 12.4 Å². The van der Waals surface area contributed by atoms with Gasteiger partial charge in [0, 0.05) is 17.6 Å². The van der Waals surface area contributed by atoms with Gasteiger partial charge in [0.2, 0.25) is 10.0 Å². The fourth-order valence-electron chi connectivity index (χ4n) is 1.07. The van der Waals surface area contributed by atoms with E-state index in [9.17, 15) is 12.8 Å². The summed E-state index contributed by atoms with van der Waals surface area (Å²) in [5, 5.41) is 0.142. The lowest BCUT2D eigenvalue weighted by Crippen LogP contribution is -2.38. The highest BCUT2D eigenvalue weighted by Gasteiger charge is 2.20. The van der Waals surface area contributed by atoms with Crippen molar-refractivity contribution in [2.75, 3.05) is 6.54 Å². The second kappa shape index (κ2) is 6.51. The van der Waals surface area contributed by atoms with Crippen LogP contribution in [0.1, 0.15) is 6.92 Å². The van der Waals surface area contributed by atoms with Crippen molar-refractivity contribution < 1.29 is 12.8 Å². The van der Waals surface area contributed by atoms with E-state index in [1.165, 1.54) is 6.07 Å². The van der Waals surface area contributed by atoms with E-state index in [1.807, 2.05) is 0 Å². The molecule has 0 saturated heterocycles. The zero-order chi connectivity index (χ0) is 12.3. The van der Waals surface area contributed by atoms with Gasteiger partial charge in [-0.3, -0.25) is 0 Å². The molecule has 0 aliphatic heterocycles. The molecule has 4 nitrogen and oxygen atoms in total. The van der Waals surface area contributed by atoms with Crippen LogP contribution in [0.4, 0.5) is 4.39 Å². The van der Waals surface area contributed by atoms with E-state index in [0.717, 1.165) is 12.1 Å². The summed E-state index contributed by atoms with van der Waals surface area (Å²) >= 11 is 5.52. The molecular formula is C9H13Cl2FN2O2S. The number of halogens is 3. The molecule has 1 rings (SSSR count). The average molecular weight is 303 g/mol.